The number of fused-ring (bicyclic) bond motifs is 6. The van der Waals surface area contributed by atoms with Crippen LogP contribution in [0, 0.1) is 13.8 Å². The molecule has 13 aromatic rings. The lowest BCUT2D eigenvalue weighted by molar-refractivity contribution is 0.343. The molecule has 1 heterocycles. The Morgan fingerprint density at radius 2 is 0.900 bits per heavy atom. The summed E-state index contributed by atoms with van der Waals surface area (Å²) in [6, 6.07) is 103. The molecule has 1 aliphatic rings. The Balaban J connectivity index is 0.818. The van der Waals surface area contributed by atoms with E-state index >= 15 is 0 Å². The van der Waals surface area contributed by atoms with E-state index in [1.165, 1.54) is 99.7 Å². The van der Waals surface area contributed by atoms with Gasteiger partial charge in [0.15, 0.2) is 0 Å². The second-order valence-electron chi connectivity index (χ2n) is 24.7. The van der Waals surface area contributed by atoms with Crippen LogP contribution in [0.4, 0.5) is 17.1 Å². The predicted molar refractivity (Wildman–Crippen MR) is 389 cm³/mol. The van der Waals surface area contributed by atoms with Gasteiger partial charge in [-0.2, -0.15) is 0 Å². The highest BCUT2D eigenvalue weighted by atomic mass is 32.3. The largest absolute Gasteiger partial charge is 0.493 e. The molecule has 1 atom stereocenters. The van der Waals surface area contributed by atoms with Crippen molar-refractivity contribution in [2.75, 3.05) is 35.5 Å². The first-order valence-electron chi connectivity index (χ1n) is 31.4. The van der Waals surface area contributed by atoms with Gasteiger partial charge in [0.1, 0.15) is 5.75 Å². The normalized spacial score (nSPS) is 13.6. The lowest BCUT2D eigenvalue weighted by atomic mass is 9.68. The average Bonchev–Trinajstić information content (AvgIpc) is 1.55. The third kappa shape index (κ3) is 11.1. The van der Waals surface area contributed by atoms with Gasteiger partial charge < -0.3 is 14.2 Å². The van der Waals surface area contributed by atoms with Crippen LogP contribution in [0.1, 0.15) is 51.8 Å². The van der Waals surface area contributed by atoms with Gasteiger partial charge in [0, 0.05) is 44.7 Å². The molecule has 14 rings (SSSR count). The van der Waals surface area contributed by atoms with E-state index in [1.807, 2.05) is 12.2 Å². The average molecular weight is 1180 g/mol. The summed E-state index contributed by atoms with van der Waals surface area (Å²) in [5.74, 6) is 3.09. The standard InChI is InChI=1S/C86H74N2OS/c1-7-62-26-30-65(31-27-62)67-38-47-76(48-39-67)89-53-55-90(5,6)54-17-52-86(82-56-60(3)24-25-61(82)4)81-23-16-15-22-77(81)78-49-46-75(59-83(78)86)87(73-42-34-66(35-43-73)64-18-11-9-12-19-64)74-44-36-69(37-45-74)71-41-51-85-80(58-71)79-57-70(68-32-28-63(8-2)29-33-68)40-50-84(79)88(85)72-20-13-10-14-21-72/h7-16,18-51,56-59H,1-2,17,52-55H2,3-6H3. The number of para-hydroxylation sites is 1. The van der Waals surface area contributed by atoms with Gasteiger partial charge in [-0.25, -0.2) is 10.0 Å². The Morgan fingerprint density at radius 3 is 1.48 bits per heavy atom. The second-order valence-corrected chi connectivity index (χ2v) is 29.1. The van der Waals surface area contributed by atoms with Gasteiger partial charge in [-0.05, 0) is 219 Å². The van der Waals surface area contributed by atoms with Crippen molar-refractivity contribution in [1.29, 1.82) is 0 Å². The van der Waals surface area contributed by atoms with E-state index in [0.717, 1.165) is 69.5 Å². The molecule has 1 unspecified atom stereocenters. The van der Waals surface area contributed by atoms with Crippen LogP contribution in [-0.4, -0.2) is 35.2 Å². The number of nitrogens with zero attached hydrogens (tertiary/aromatic N) is 2. The Bertz CT molecular complexity index is 4750. The van der Waals surface area contributed by atoms with Crippen molar-refractivity contribution in [2.24, 2.45) is 0 Å². The van der Waals surface area contributed by atoms with Crippen LogP contribution in [0.3, 0.4) is 0 Å². The number of rotatable bonds is 19. The Kier molecular flexibility index (Phi) is 15.6. The molecule has 0 N–H and O–H groups in total. The highest BCUT2D eigenvalue weighted by Gasteiger charge is 2.45. The van der Waals surface area contributed by atoms with E-state index in [-0.39, 0.29) is 5.41 Å². The molecule has 0 fully saturated rings. The molecule has 0 spiro atoms. The summed E-state index contributed by atoms with van der Waals surface area (Å²) in [6.45, 7) is 13.2. The van der Waals surface area contributed by atoms with Crippen LogP contribution in [0.15, 0.2) is 292 Å². The summed E-state index contributed by atoms with van der Waals surface area (Å²) in [5.41, 5.74) is 27.5. The van der Waals surface area contributed by atoms with E-state index in [4.69, 9.17) is 4.74 Å². The zero-order valence-electron chi connectivity index (χ0n) is 51.9. The number of hydrogen-bond donors (Lipinski definition) is 0. The summed E-state index contributed by atoms with van der Waals surface area (Å²) in [7, 11) is -1.02. The molecule has 12 aromatic carbocycles. The zero-order chi connectivity index (χ0) is 61.3. The van der Waals surface area contributed by atoms with Crippen LogP contribution in [-0.2, 0) is 5.41 Å². The van der Waals surface area contributed by atoms with Gasteiger partial charge in [-0.15, -0.1) is 0 Å². The van der Waals surface area contributed by atoms with Gasteiger partial charge in [-0.1, -0.05) is 225 Å². The summed E-state index contributed by atoms with van der Waals surface area (Å²) in [4.78, 5) is 2.47. The molecule has 90 heavy (non-hydrogen) atoms. The molecular weight excluding hydrogens is 1110 g/mol. The fourth-order valence-electron chi connectivity index (χ4n) is 13.9. The monoisotopic (exact) mass is 1180 g/mol. The van der Waals surface area contributed by atoms with Crippen molar-refractivity contribution in [3.63, 3.8) is 0 Å². The second kappa shape index (κ2) is 24.4. The fraction of sp³-hybridized carbons (Fsp3) is 0.116. The molecule has 0 bridgehead atoms. The zero-order valence-corrected chi connectivity index (χ0v) is 52.7. The summed E-state index contributed by atoms with van der Waals surface area (Å²) in [6.07, 6.45) is 10.8. The molecule has 4 heteroatoms. The number of aryl methyl sites for hydroxylation is 2. The molecular formula is C86H74N2OS. The lowest BCUT2D eigenvalue weighted by Crippen LogP contribution is -2.29. The fourth-order valence-corrected chi connectivity index (χ4v) is 15.6. The molecule has 0 saturated heterocycles. The summed E-state index contributed by atoms with van der Waals surface area (Å²) >= 11 is 0. The lowest BCUT2D eigenvalue weighted by Gasteiger charge is -2.38. The molecule has 1 aliphatic carbocycles. The van der Waals surface area contributed by atoms with Crippen LogP contribution in [0.2, 0.25) is 0 Å². The molecule has 440 valence electrons. The third-order valence-electron chi connectivity index (χ3n) is 18.7. The van der Waals surface area contributed by atoms with Crippen molar-refractivity contribution >= 4 is 61.0 Å². The SMILES string of the molecule is C=Cc1ccc(-c2ccc(OCCS(C)(C)CCCC3(c4cc(C)ccc4C)c4ccccc4-c4ccc(N(c5ccc(-c6ccccc6)cc5)c5ccc(-c6ccc7c(c6)c6cc(-c8ccc(C=C)cc8)ccc6n7-c6ccccc6)cc5)cc43)cc2)cc1. The molecule has 3 nitrogen and oxygen atoms in total. The Morgan fingerprint density at radius 1 is 0.422 bits per heavy atom. The molecule has 1 aromatic heterocycles. The van der Waals surface area contributed by atoms with E-state index in [9.17, 15) is 0 Å². The minimum absolute atomic E-state index is 0.385. The summed E-state index contributed by atoms with van der Waals surface area (Å²) in [5, 5.41) is 2.44. The van der Waals surface area contributed by atoms with Crippen LogP contribution < -0.4 is 9.64 Å². The number of aromatic nitrogens is 1. The first-order valence-corrected chi connectivity index (χ1v) is 34.2. The third-order valence-corrected chi connectivity index (χ3v) is 21.4. The van der Waals surface area contributed by atoms with Crippen molar-refractivity contribution < 1.29 is 4.74 Å². The van der Waals surface area contributed by atoms with Gasteiger partial charge in [0.2, 0.25) is 0 Å². The minimum atomic E-state index is -1.02. The highest BCUT2D eigenvalue weighted by Crippen LogP contribution is 2.58. The number of anilines is 3. The Hall–Kier alpha value is -10.1. The maximum absolute atomic E-state index is 6.49. The maximum atomic E-state index is 6.49. The van der Waals surface area contributed by atoms with Gasteiger partial charge in [0.25, 0.3) is 0 Å². The van der Waals surface area contributed by atoms with Crippen molar-refractivity contribution in [3.05, 3.63) is 331 Å². The molecule has 0 aliphatic heterocycles. The van der Waals surface area contributed by atoms with Crippen LogP contribution >= 0.6 is 10.0 Å². The van der Waals surface area contributed by atoms with E-state index in [2.05, 4.69) is 328 Å². The van der Waals surface area contributed by atoms with Crippen LogP contribution in [0.5, 0.6) is 5.75 Å². The molecule has 0 radical (unpaired) electrons. The predicted octanol–water partition coefficient (Wildman–Crippen LogP) is 23.1. The van der Waals surface area contributed by atoms with E-state index in [0.29, 0.717) is 6.61 Å². The number of ether oxygens (including phenoxy) is 1. The number of benzene rings is 12. The highest BCUT2D eigenvalue weighted by molar-refractivity contribution is 8.32. The van der Waals surface area contributed by atoms with Crippen molar-refractivity contribution in [1.82, 2.24) is 4.57 Å². The number of hydrogen-bond acceptors (Lipinski definition) is 2. The first-order chi connectivity index (χ1) is 44.0. The van der Waals surface area contributed by atoms with Crippen molar-refractivity contribution in [3.8, 4) is 67.1 Å². The minimum Gasteiger partial charge on any atom is -0.493 e. The Labute approximate surface area is 532 Å². The van der Waals surface area contributed by atoms with Gasteiger partial charge in [-0.3, -0.25) is 0 Å². The first kappa shape index (κ1) is 57.6. The summed E-state index contributed by atoms with van der Waals surface area (Å²) < 4.78 is 8.89. The molecule has 0 saturated carbocycles. The van der Waals surface area contributed by atoms with Gasteiger partial charge >= 0.3 is 0 Å². The smallest absolute Gasteiger partial charge is 0.119 e. The van der Waals surface area contributed by atoms with E-state index < -0.39 is 10.0 Å². The maximum Gasteiger partial charge on any atom is 0.119 e. The van der Waals surface area contributed by atoms with Crippen LogP contribution in [0.25, 0.3) is 95.3 Å². The van der Waals surface area contributed by atoms with E-state index in [1.54, 1.807) is 0 Å². The van der Waals surface area contributed by atoms with Gasteiger partial charge in [0.05, 0.1) is 17.6 Å². The molecule has 0 amide bonds. The quantitative estimate of drug-likeness (QED) is 0.0803. The topological polar surface area (TPSA) is 17.4 Å². The van der Waals surface area contributed by atoms with Crippen molar-refractivity contribution in [2.45, 2.75) is 32.1 Å².